The number of hydrogen-bond donors (Lipinski definition) is 1. The van der Waals surface area contributed by atoms with Crippen LogP contribution in [0.15, 0.2) is 48.5 Å². The first kappa shape index (κ1) is 22.0. The topological polar surface area (TPSA) is 55.9 Å². The normalized spacial score (nSPS) is 14.7. The Morgan fingerprint density at radius 1 is 0.967 bits per heavy atom. The highest BCUT2D eigenvalue weighted by atomic mass is 16.2. The molecule has 2 amide bonds. The second-order valence-electron chi connectivity index (χ2n) is 8.18. The number of anilines is 1. The number of hydrogen-bond acceptors (Lipinski definition) is 4. The van der Waals surface area contributed by atoms with Gasteiger partial charge in [-0.1, -0.05) is 48.0 Å². The summed E-state index contributed by atoms with van der Waals surface area (Å²) in [7, 11) is 1.81. The van der Waals surface area contributed by atoms with Gasteiger partial charge in [-0.15, -0.1) is 0 Å². The number of aryl methyl sites for hydroxylation is 2. The predicted octanol–water partition coefficient (Wildman–Crippen LogP) is 2.52. The summed E-state index contributed by atoms with van der Waals surface area (Å²) in [5.74, 6) is -0.0287. The Bertz CT molecular complexity index is 875. The molecule has 0 atom stereocenters. The molecule has 0 unspecified atom stereocenters. The molecule has 1 heterocycles. The number of nitrogens with zero attached hydrogens (tertiary/aromatic N) is 3. The van der Waals surface area contributed by atoms with Crippen molar-refractivity contribution in [2.45, 2.75) is 20.4 Å². The quantitative estimate of drug-likeness (QED) is 0.765. The molecule has 2 aromatic carbocycles. The molecule has 1 fully saturated rings. The van der Waals surface area contributed by atoms with E-state index < -0.39 is 0 Å². The number of rotatable bonds is 7. The van der Waals surface area contributed by atoms with Crippen LogP contribution in [0.5, 0.6) is 0 Å². The molecule has 0 aromatic heterocycles. The highest BCUT2D eigenvalue weighted by Gasteiger charge is 2.22. The molecule has 1 saturated heterocycles. The van der Waals surface area contributed by atoms with Crippen molar-refractivity contribution in [3.63, 3.8) is 0 Å². The second-order valence-corrected chi connectivity index (χ2v) is 8.18. The number of para-hydroxylation sites is 1. The number of nitrogens with one attached hydrogen (secondary N) is 1. The fourth-order valence-electron chi connectivity index (χ4n) is 3.76. The van der Waals surface area contributed by atoms with Gasteiger partial charge >= 0.3 is 0 Å². The van der Waals surface area contributed by atoms with Gasteiger partial charge in [0, 0.05) is 38.4 Å². The van der Waals surface area contributed by atoms with Crippen LogP contribution in [0.4, 0.5) is 5.69 Å². The highest BCUT2D eigenvalue weighted by Crippen LogP contribution is 2.13. The smallest absolute Gasteiger partial charge is 0.238 e. The molecule has 0 aliphatic carbocycles. The van der Waals surface area contributed by atoms with E-state index in [1.807, 2.05) is 43.1 Å². The number of benzene rings is 2. The Balaban J connectivity index is 1.40. The minimum Gasteiger partial charge on any atom is -0.339 e. The summed E-state index contributed by atoms with van der Waals surface area (Å²) in [6.07, 6.45) is 0. The summed E-state index contributed by atoms with van der Waals surface area (Å²) in [5.41, 5.74) is 4.42. The Morgan fingerprint density at radius 3 is 2.40 bits per heavy atom. The maximum Gasteiger partial charge on any atom is 0.238 e. The van der Waals surface area contributed by atoms with Crippen LogP contribution in [0, 0.1) is 13.8 Å². The lowest BCUT2D eigenvalue weighted by atomic mass is 10.1. The van der Waals surface area contributed by atoms with Gasteiger partial charge in [0.2, 0.25) is 11.8 Å². The largest absolute Gasteiger partial charge is 0.339 e. The molecule has 6 heteroatoms. The molecule has 160 valence electrons. The van der Waals surface area contributed by atoms with Gasteiger partial charge in [-0.2, -0.15) is 0 Å². The molecule has 0 bridgehead atoms. The van der Waals surface area contributed by atoms with E-state index in [0.29, 0.717) is 0 Å². The zero-order chi connectivity index (χ0) is 21.5. The second kappa shape index (κ2) is 10.4. The van der Waals surface area contributed by atoms with Crippen LogP contribution in [-0.4, -0.2) is 72.8 Å². The molecule has 1 N–H and O–H groups in total. The Hall–Kier alpha value is -2.70. The van der Waals surface area contributed by atoms with Crippen LogP contribution in [0.25, 0.3) is 0 Å². The Kier molecular flexibility index (Phi) is 7.60. The molecule has 2 aromatic rings. The molecule has 3 rings (SSSR count). The van der Waals surface area contributed by atoms with Crippen LogP contribution in [0.2, 0.25) is 0 Å². The molecule has 6 nitrogen and oxygen atoms in total. The van der Waals surface area contributed by atoms with Gasteiger partial charge in [0.25, 0.3) is 0 Å². The zero-order valence-electron chi connectivity index (χ0n) is 18.2. The van der Waals surface area contributed by atoms with Gasteiger partial charge in [-0.05, 0) is 38.1 Å². The van der Waals surface area contributed by atoms with Gasteiger partial charge in [0.05, 0.1) is 13.1 Å². The summed E-state index contributed by atoms with van der Waals surface area (Å²) in [5, 5.41) is 2.91. The lowest BCUT2D eigenvalue weighted by Gasteiger charge is -2.35. The van der Waals surface area contributed by atoms with Crippen molar-refractivity contribution in [1.29, 1.82) is 0 Å². The maximum atomic E-state index is 12.6. The zero-order valence-corrected chi connectivity index (χ0v) is 18.2. The predicted molar refractivity (Wildman–Crippen MR) is 120 cm³/mol. The van der Waals surface area contributed by atoms with Crippen molar-refractivity contribution in [2.75, 3.05) is 51.6 Å². The fourth-order valence-corrected chi connectivity index (χ4v) is 3.76. The summed E-state index contributed by atoms with van der Waals surface area (Å²) >= 11 is 0. The van der Waals surface area contributed by atoms with Crippen LogP contribution in [0.1, 0.15) is 16.7 Å². The summed E-state index contributed by atoms with van der Waals surface area (Å²) in [6.45, 7) is 8.63. The fraction of sp³-hybridized carbons (Fsp3) is 0.417. The third kappa shape index (κ3) is 6.40. The van der Waals surface area contributed by atoms with Gasteiger partial charge in [0.15, 0.2) is 0 Å². The summed E-state index contributed by atoms with van der Waals surface area (Å²) < 4.78 is 0. The Morgan fingerprint density at radius 2 is 1.70 bits per heavy atom. The average molecular weight is 409 g/mol. The van der Waals surface area contributed by atoms with Gasteiger partial charge < -0.3 is 10.2 Å². The number of amides is 2. The average Bonchev–Trinajstić information content (AvgIpc) is 2.70. The minimum atomic E-state index is -0.109. The molecular weight excluding hydrogens is 376 g/mol. The molecule has 0 radical (unpaired) electrons. The van der Waals surface area contributed by atoms with E-state index in [-0.39, 0.29) is 24.9 Å². The van der Waals surface area contributed by atoms with E-state index in [0.717, 1.165) is 44.0 Å². The molecule has 1 aliphatic rings. The van der Waals surface area contributed by atoms with E-state index in [4.69, 9.17) is 0 Å². The summed E-state index contributed by atoms with van der Waals surface area (Å²) in [4.78, 5) is 31.0. The van der Waals surface area contributed by atoms with Crippen LogP contribution in [0.3, 0.4) is 0 Å². The standard InChI is InChI=1S/C24H32N4O2/c1-19-7-6-9-21(15-19)16-27-11-13-28(14-12-27)24(30)18-26(3)17-23(29)25-22-10-5-4-8-20(22)2/h4-10,15H,11-14,16-18H2,1-3H3,(H,25,29). The van der Waals surface area contributed by atoms with Crippen LogP contribution >= 0.6 is 0 Å². The third-order valence-electron chi connectivity index (χ3n) is 5.45. The molecule has 0 saturated carbocycles. The third-order valence-corrected chi connectivity index (χ3v) is 5.45. The van der Waals surface area contributed by atoms with Gasteiger partial charge in [-0.25, -0.2) is 0 Å². The van der Waals surface area contributed by atoms with E-state index >= 15 is 0 Å². The van der Waals surface area contributed by atoms with E-state index in [2.05, 4.69) is 41.4 Å². The first-order chi connectivity index (χ1) is 14.4. The SMILES string of the molecule is Cc1cccc(CN2CCN(C(=O)CN(C)CC(=O)Nc3ccccc3C)CC2)c1. The van der Waals surface area contributed by atoms with Crippen molar-refractivity contribution in [1.82, 2.24) is 14.7 Å². The van der Waals surface area contributed by atoms with E-state index in [1.165, 1.54) is 11.1 Å². The molecular formula is C24H32N4O2. The van der Waals surface area contributed by atoms with Crippen molar-refractivity contribution in [3.8, 4) is 0 Å². The number of carbonyl (C=O) groups is 2. The minimum absolute atomic E-state index is 0.0800. The molecule has 30 heavy (non-hydrogen) atoms. The summed E-state index contributed by atoms with van der Waals surface area (Å²) in [6, 6.07) is 16.3. The van der Waals surface area contributed by atoms with E-state index in [9.17, 15) is 9.59 Å². The van der Waals surface area contributed by atoms with Crippen molar-refractivity contribution >= 4 is 17.5 Å². The van der Waals surface area contributed by atoms with Crippen LogP contribution in [-0.2, 0) is 16.1 Å². The molecule has 0 spiro atoms. The number of carbonyl (C=O) groups excluding carboxylic acids is 2. The van der Waals surface area contributed by atoms with Crippen molar-refractivity contribution < 1.29 is 9.59 Å². The van der Waals surface area contributed by atoms with Gasteiger partial charge in [0.1, 0.15) is 0 Å². The van der Waals surface area contributed by atoms with E-state index in [1.54, 1.807) is 4.90 Å². The number of piperazine rings is 1. The lowest BCUT2D eigenvalue weighted by molar-refractivity contribution is -0.134. The maximum absolute atomic E-state index is 12.6. The Labute approximate surface area is 179 Å². The highest BCUT2D eigenvalue weighted by molar-refractivity contribution is 5.93. The van der Waals surface area contributed by atoms with Crippen LogP contribution < -0.4 is 5.32 Å². The van der Waals surface area contributed by atoms with Gasteiger partial charge in [-0.3, -0.25) is 19.4 Å². The van der Waals surface area contributed by atoms with Crippen molar-refractivity contribution in [2.24, 2.45) is 0 Å². The monoisotopic (exact) mass is 408 g/mol. The first-order valence-electron chi connectivity index (χ1n) is 10.5. The van der Waals surface area contributed by atoms with Crippen molar-refractivity contribution in [3.05, 3.63) is 65.2 Å². The lowest BCUT2D eigenvalue weighted by Crippen LogP contribution is -2.51. The first-order valence-corrected chi connectivity index (χ1v) is 10.5. The number of likely N-dealkylation sites (N-methyl/N-ethyl adjacent to an activating group) is 1. The molecule has 1 aliphatic heterocycles.